The van der Waals surface area contributed by atoms with Gasteiger partial charge >= 0.3 is 5.97 Å². The number of halogens is 2. The van der Waals surface area contributed by atoms with Gasteiger partial charge in [0, 0.05) is 57.7 Å². The van der Waals surface area contributed by atoms with E-state index in [-0.39, 0.29) is 94.4 Å². The monoisotopic (exact) mass is 744 g/mol. The Labute approximate surface area is 293 Å². The Bertz CT molecular complexity index is 1700. The van der Waals surface area contributed by atoms with Crippen molar-refractivity contribution in [3.8, 4) is 23.0 Å². The van der Waals surface area contributed by atoms with Crippen LogP contribution in [-0.4, -0.2) is 66.0 Å². The van der Waals surface area contributed by atoms with Crippen LogP contribution in [-0.2, 0) is 4.79 Å². The van der Waals surface area contributed by atoms with Crippen molar-refractivity contribution in [3.05, 3.63) is 45.7 Å². The number of methoxy groups -OCH3 is 2. The van der Waals surface area contributed by atoms with Crippen LogP contribution in [0.25, 0.3) is 20.2 Å². The maximum atomic E-state index is 15.4. The van der Waals surface area contributed by atoms with Crippen molar-refractivity contribution in [2.75, 3.05) is 33.6 Å². The van der Waals surface area contributed by atoms with Crippen LogP contribution < -0.4 is 18.9 Å². The maximum Gasteiger partial charge on any atom is 0.303 e. The van der Waals surface area contributed by atoms with Crippen LogP contribution in [0.5, 0.6) is 23.0 Å². The summed E-state index contributed by atoms with van der Waals surface area (Å²) in [5.41, 5.74) is 0. The summed E-state index contributed by atoms with van der Waals surface area (Å²) in [5, 5.41) is 9.11. The van der Waals surface area contributed by atoms with E-state index in [4.69, 9.17) is 33.8 Å². The molecule has 49 heavy (non-hydrogen) atoms. The highest BCUT2D eigenvalue weighted by Crippen LogP contribution is 2.42. The van der Waals surface area contributed by atoms with Gasteiger partial charge in [-0.25, -0.2) is 8.78 Å². The number of aliphatic carboxylic acids is 1. The zero-order chi connectivity index (χ0) is 36.7. The normalized spacial score (nSPS) is 10.7. The fraction of sp³-hybridized carbons (Fsp3) is 0.441. The van der Waals surface area contributed by atoms with Crippen LogP contribution in [0.2, 0.25) is 0 Å². The first-order valence-electron chi connectivity index (χ1n) is 15.7. The van der Waals surface area contributed by atoms with E-state index in [1.165, 1.54) is 45.3 Å². The summed E-state index contributed by atoms with van der Waals surface area (Å²) >= 11 is 2.09. The van der Waals surface area contributed by atoms with Crippen LogP contribution in [0.3, 0.4) is 0 Å². The second-order valence-electron chi connectivity index (χ2n) is 10.1. The molecule has 0 fully saturated rings. The molecule has 15 heteroatoms. The minimum atomic E-state index is -2.21. The first kappa shape index (κ1) is 41.7. The number of hydrogen-bond donors (Lipinski definition) is 3. The van der Waals surface area contributed by atoms with E-state index in [2.05, 4.69) is 13.8 Å². The summed E-state index contributed by atoms with van der Waals surface area (Å²) < 4.78 is 53.5. The lowest BCUT2D eigenvalue weighted by molar-refractivity contribution is -0.136. The number of ketones is 2. The van der Waals surface area contributed by atoms with E-state index in [0.29, 0.717) is 9.40 Å². The first-order valence-corrected chi connectivity index (χ1v) is 18.8. The topological polar surface area (TPSA) is 149 Å². The van der Waals surface area contributed by atoms with Gasteiger partial charge in [0.2, 0.25) is 0 Å². The highest BCUT2D eigenvalue weighted by Gasteiger charge is 2.22. The van der Waals surface area contributed by atoms with Gasteiger partial charge in [0.05, 0.1) is 43.6 Å². The summed E-state index contributed by atoms with van der Waals surface area (Å²) in [6.07, 6.45) is 2.17. The molecule has 3 N–H and O–H groups in total. The number of unbranched alkanes of at least 4 members (excludes halogenated alkanes) is 1. The van der Waals surface area contributed by atoms with Crippen molar-refractivity contribution in [2.45, 2.75) is 66.2 Å². The number of carboxylic acid groups (broad SMARTS) is 1. The Morgan fingerprint density at radius 1 is 0.735 bits per heavy atom. The van der Waals surface area contributed by atoms with E-state index < -0.39 is 31.8 Å². The van der Waals surface area contributed by atoms with Crippen LogP contribution in [0, 0.1) is 11.6 Å². The quantitative estimate of drug-likeness (QED) is 0.0543. The molecule has 0 saturated heterocycles. The smallest absolute Gasteiger partial charge is 0.303 e. The molecular weight excluding hydrogens is 701 g/mol. The highest BCUT2D eigenvalue weighted by atomic mass is 32.1. The Hall–Kier alpha value is -3.42. The van der Waals surface area contributed by atoms with E-state index in [1.54, 1.807) is 6.07 Å². The van der Waals surface area contributed by atoms with Crippen molar-refractivity contribution in [2.24, 2.45) is 0 Å². The number of ether oxygens (including phenoxy) is 4. The third kappa shape index (κ3) is 11.6. The van der Waals surface area contributed by atoms with E-state index in [1.807, 2.05) is 13.8 Å². The molecule has 0 aliphatic heterocycles. The zero-order valence-corrected chi connectivity index (χ0v) is 30.9. The molecule has 0 aliphatic carbocycles. The van der Waals surface area contributed by atoms with E-state index in [0.717, 1.165) is 22.7 Å². The van der Waals surface area contributed by atoms with Crippen molar-refractivity contribution in [3.63, 3.8) is 0 Å². The second kappa shape index (κ2) is 20.9. The van der Waals surface area contributed by atoms with Gasteiger partial charge in [0.15, 0.2) is 54.6 Å². The molecule has 0 aliphatic rings. The highest BCUT2D eigenvalue weighted by molar-refractivity contribution is 7.45. The predicted molar refractivity (Wildman–Crippen MR) is 191 cm³/mol. The second-order valence-corrected chi connectivity index (χ2v) is 13.5. The van der Waals surface area contributed by atoms with Gasteiger partial charge in [-0.1, -0.05) is 40.5 Å². The summed E-state index contributed by atoms with van der Waals surface area (Å²) in [6.45, 7) is 8.30. The number of carbonyl (C=O) groups excluding carboxylic acids is 2. The molecule has 2 aromatic carbocycles. The van der Waals surface area contributed by atoms with Crippen LogP contribution in [0.1, 0.15) is 85.6 Å². The van der Waals surface area contributed by atoms with Crippen molar-refractivity contribution < 1.29 is 57.0 Å². The molecule has 4 aromatic rings. The molecule has 0 radical (unpaired) electrons. The lowest BCUT2D eigenvalue weighted by atomic mass is 10.1. The van der Waals surface area contributed by atoms with Crippen LogP contribution in [0.4, 0.5) is 8.78 Å². The van der Waals surface area contributed by atoms with Gasteiger partial charge in [-0.15, -0.1) is 22.7 Å². The number of benzene rings is 2. The van der Waals surface area contributed by atoms with Crippen molar-refractivity contribution in [1.29, 1.82) is 0 Å². The summed E-state index contributed by atoms with van der Waals surface area (Å²) in [7, 11) is 0.485. The first-order chi connectivity index (χ1) is 23.4. The minimum absolute atomic E-state index is 0.0296. The maximum absolute atomic E-state index is 15.4. The van der Waals surface area contributed by atoms with E-state index >= 15 is 8.78 Å². The average molecular weight is 745 g/mol. The molecule has 0 amide bonds. The molecule has 0 bridgehead atoms. The van der Waals surface area contributed by atoms with Crippen molar-refractivity contribution in [1.82, 2.24) is 0 Å². The number of hydrogen-bond acceptors (Lipinski definition) is 11. The lowest BCUT2D eigenvalue weighted by Gasteiger charge is -2.14. The molecule has 0 atom stereocenters. The number of Topliss-reactive ketones (excluding diaryl/α,β-unsaturated/α-hetero) is 2. The summed E-state index contributed by atoms with van der Waals surface area (Å²) in [4.78, 5) is 54.1. The molecule has 0 saturated carbocycles. The van der Waals surface area contributed by atoms with Gasteiger partial charge in [0.25, 0.3) is 0 Å². The molecule has 270 valence electrons. The number of thiophene rings is 2. The average Bonchev–Trinajstić information content (AvgIpc) is 3.73. The van der Waals surface area contributed by atoms with Gasteiger partial charge in [-0.05, 0) is 12.1 Å². The summed E-state index contributed by atoms with van der Waals surface area (Å²) in [5.74, 6) is -3.42. The largest absolute Gasteiger partial charge is 0.493 e. The van der Waals surface area contributed by atoms with E-state index in [9.17, 15) is 14.4 Å². The minimum Gasteiger partial charge on any atom is -0.493 e. The molecule has 2 aromatic heterocycles. The fourth-order valence-corrected chi connectivity index (χ4v) is 6.63. The van der Waals surface area contributed by atoms with Gasteiger partial charge < -0.3 is 33.8 Å². The van der Waals surface area contributed by atoms with Crippen molar-refractivity contribution >= 4 is 68.8 Å². The molecule has 10 nitrogen and oxygen atoms in total. The van der Waals surface area contributed by atoms with Gasteiger partial charge in [0.1, 0.15) is 0 Å². The molecule has 2 heterocycles. The number of carbonyl (C=O) groups is 3. The molecular formula is C34H43F2O10PS2. The Balaban J connectivity index is 0.00000129. The fourth-order valence-electron chi connectivity index (χ4n) is 4.12. The Kier molecular flexibility index (Phi) is 17.8. The third-order valence-corrected chi connectivity index (χ3v) is 9.61. The number of rotatable bonds is 17. The number of fused-ring (bicyclic) bond motifs is 2. The van der Waals surface area contributed by atoms with Crippen LogP contribution in [0.15, 0.2) is 24.3 Å². The standard InChI is InChI=1S/C28H27F2O10PS2.C4H10.C2H6/c1-37-18-12-20-14(10-22(42-20)16(31)4-5-24(33)34)25(29)27(18)39-7-3-8-40-28-19(38-2)13-21-15(26(28)30)11-23(43-21)17(32)6-9-41(35)36;1-3-4-2;1-2/h10-13,35-36H,3-9H2,1-2H3,(H,33,34);3-4H2,1-2H3;1-2H3. The zero-order valence-electron chi connectivity index (χ0n) is 28.4. The molecule has 4 rings (SSSR count). The Morgan fingerprint density at radius 2 is 1.16 bits per heavy atom. The Morgan fingerprint density at radius 3 is 1.53 bits per heavy atom. The van der Waals surface area contributed by atoms with Gasteiger partial charge in [-0.3, -0.25) is 14.4 Å². The predicted octanol–water partition coefficient (Wildman–Crippen LogP) is 9.01. The number of carboxylic acids is 1. The molecule has 0 spiro atoms. The van der Waals surface area contributed by atoms with Gasteiger partial charge in [-0.2, -0.15) is 0 Å². The lowest BCUT2D eigenvalue weighted by Crippen LogP contribution is -2.08. The summed E-state index contributed by atoms with van der Waals surface area (Å²) in [6, 6.07) is 5.84. The SMILES string of the molecule is CC.CCCC.COc1cc2sc(C(=O)CCC(=O)O)cc2c(F)c1OCCCOc1c(OC)cc2sc(C(=O)CCP(O)O)cc2c1F. The van der Waals surface area contributed by atoms with Crippen LogP contribution >= 0.6 is 31.0 Å². The molecule has 0 unspecified atom stereocenters. The third-order valence-electron chi connectivity index (χ3n) is 6.74.